The average molecular weight is 321 g/mol. The number of aromatic nitrogens is 1. The topological polar surface area (TPSA) is 62.2 Å². The molecule has 0 aliphatic heterocycles. The number of hydrogen-bond acceptors (Lipinski definition) is 4. The minimum absolute atomic E-state index is 0.0523. The maximum atomic E-state index is 11.6. The Morgan fingerprint density at radius 1 is 1.35 bits per heavy atom. The number of unbranched alkanes of at least 4 members (excludes halogenated alkanes) is 4. The number of nitrogens with zero attached hydrogens (tertiary/aromatic N) is 1. The predicted molar refractivity (Wildman–Crippen MR) is 72.3 cm³/mol. The molecule has 0 fully saturated rings. The number of amides is 1. The second-order valence-corrected chi connectivity index (χ2v) is 6.03. The standard InChI is InChI=1S/C11H17BrN2O2S/c12-11-14-8-9(17-11)10(16)13-6-4-2-1-3-5-7-15/h8,15H,1-7H2,(H,13,16). The fourth-order valence-electron chi connectivity index (χ4n) is 1.41. The monoisotopic (exact) mass is 320 g/mol. The summed E-state index contributed by atoms with van der Waals surface area (Å²) in [5, 5.41) is 11.5. The molecule has 1 aromatic rings. The quantitative estimate of drug-likeness (QED) is 0.724. The highest BCUT2D eigenvalue weighted by molar-refractivity contribution is 9.11. The minimum atomic E-state index is -0.0523. The Hall–Kier alpha value is -0.460. The van der Waals surface area contributed by atoms with Gasteiger partial charge in [0, 0.05) is 13.2 Å². The van der Waals surface area contributed by atoms with E-state index in [4.69, 9.17) is 5.11 Å². The molecule has 1 aromatic heterocycles. The van der Waals surface area contributed by atoms with Crippen LogP contribution in [0, 0.1) is 0 Å². The third-order valence-corrected chi connectivity index (χ3v) is 3.80. The van der Waals surface area contributed by atoms with Gasteiger partial charge in [-0.2, -0.15) is 0 Å². The van der Waals surface area contributed by atoms with Crippen molar-refractivity contribution in [3.63, 3.8) is 0 Å². The van der Waals surface area contributed by atoms with Gasteiger partial charge in [0.2, 0.25) is 0 Å². The summed E-state index contributed by atoms with van der Waals surface area (Å²) in [6, 6.07) is 0. The average Bonchev–Trinajstić information content (AvgIpc) is 2.74. The van der Waals surface area contributed by atoms with Crippen LogP contribution in [-0.2, 0) is 0 Å². The summed E-state index contributed by atoms with van der Waals surface area (Å²) >= 11 is 4.56. The van der Waals surface area contributed by atoms with Crippen LogP contribution in [0.15, 0.2) is 10.1 Å². The van der Waals surface area contributed by atoms with Crippen LogP contribution in [0.3, 0.4) is 0 Å². The van der Waals surface area contributed by atoms with E-state index in [1.165, 1.54) is 11.3 Å². The van der Waals surface area contributed by atoms with E-state index >= 15 is 0 Å². The number of thiazole rings is 1. The highest BCUT2D eigenvalue weighted by Crippen LogP contribution is 2.18. The lowest BCUT2D eigenvalue weighted by atomic mass is 10.1. The molecule has 4 nitrogen and oxygen atoms in total. The fraction of sp³-hybridized carbons (Fsp3) is 0.636. The van der Waals surface area contributed by atoms with E-state index in [1.54, 1.807) is 6.20 Å². The summed E-state index contributed by atoms with van der Waals surface area (Å²) < 4.78 is 0.728. The molecule has 0 atom stereocenters. The van der Waals surface area contributed by atoms with Gasteiger partial charge in [-0.3, -0.25) is 4.79 Å². The molecule has 17 heavy (non-hydrogen) atoms. The molecule has 0 aliphatic rings. The zero-order valence-electron chi connectivity index (χ0n) is 9.62. The van der Waals surface area contributed by atoms with Crippen molar-refractivity contribution < 1.29 is 9.90 Å². The molecule has 1 amide bonds. The van der Waals surface area contributed by atoms with E-state index in [2.05, 4.69) is 26.2 Å². The summed E-state index contributed by atoms with van der Waals surface area (Å²) in [6.45, 7) is 0.977. The number of aliphatic hydroxyl groups excluding tert-OH is 1. The minimum Gasteiger partial charge on any atom is -0.396 e. The first kappa shape index (κ1) is 14.6. The van der Waals surface area contributed by atoms with Crippen molar-refractivity contribution in [3.05, 3.63) is 15.0 Å². The molecular weight excluding hydrogens is 304 g/mol. The molecule has 0 radical (unpaired) electrons. The van der Waals surface area contributed by atoms with Crippen LogP contribution in [0.2, 0.25) is 0 Å². The molecule has 1 heterocycles. The summed E-state index contributed by atoms with van der Waals surface area (Å²) in [5.74, 6) is -0.0523. The molecule has 1 rings (SSSR count). The van der Waals surface area contributed by atoms with Gasteiger partial charge in [0.1, 0.15) is 4.88 Å². The Morgan fingerprint density at radius 2 is 2.06 bits per heavy atom. The van der Waals surface area contributed by atoms with Crippen LogP contribution >= 0.6 is 27.3 Å². The third kappa shape index (κ3) is 6.14. The van der Waals surface area contributed by atoms with E-state index in [-0.39, 0.29) is 12.5 Å². The van der Waals surface area contributed by atoms with Crippen LogP contribution in [0.1, 0.15) is 41.8 Å². The SMILES string of the molecule is O=C(NCCCCCCCO)c1cnc(Br)s1. The number of rotatable bonds is 8. The van der Waals surface area contributed by atoms with Crippen molar-refractivity contribution in [2.24, 2.45) is 0 Å². The summed E-state index contributed by atoms with van der Waals surface area (Å²) in [5.41, 5.74) is 0. The number of nitrogens with one attached hydrogen (secondary N) is 1. The smallest absolute Gasteiger partial charge is 0.263 e. The molecule has 0 unspecified atom stereocenters. The van der Waals surface area contributed by atoms with Crippen LogP contribution in [0.4, 0.5) is 0 Å². The van der Waals surface area contributed by atoms with Gasteiger partial charge in [-0.25, -0.2) is 4.98 Å². The van der Waals surface area contributed by atoms with Crippen LogP contribution in [0.25, 0.3) is 0 Å². The summed E-state index contributed by atoms with van der Waals surface area (Å²) in [4.78, 5) is 16.2. The predicted octanol–water partition coefficient (Wildman–Crippen LogP) is 2.58. The van der Waals surface area contributed by atoms with Crippen molar-refractivity contribution in [2.45, 2.75) is 32.1 Å². The van der Waals surface area contributed by atoms with Crippen molar-refractivity contribution in [1.29, 1.82) is 0 Å². The van der Waals surface area contributed by atoms with Gasteiger partial charge in [0.15, 0.2) is 3.92 Å². The van der Waals surface area contributed by atoms with Crippen LogP contribution < -0.4 is 5.32 Å². The number of hydrogen-bond donors (Lipinski definition) is 2. The molecule has 0 aromatic carbocycles. The molecule has 0 bridgehead atoms. The van der Waals surface area contributed by atoms with Crippen LogP contribution in [0.5, 0.6) is 0 Å². The molecule has 0 aliphatic carbocycles. The Morgan fingerprint density at radius 3 is 2.71 bits per heavy atom. The Bertz CT molecular complexity index is 344. The van der Waals surface area contributed by atoms with Crippen molar-refractivity contribution in [1.82, 2.24) is 10.3 Å². The fourth-order valence-corrected chi connectivity index (χ4v) is 2.60. The maximum absolute atomic E-state index is 11.6. The third-order valence-electron chi connectivity index (χ3n) is 2.32. The number of carbonyl (C=O) groups excluding carboxylic acids is 1. The van der Waals surface area contributed by atoms with Crippen molar-refractivity contribution >= 4 is 33.2 Å². The van der Waals surface area contributed by atoms with Gasteiger partial charge in [0.25, 0.3) is 5.91 Å². The second-order valence-electron chi connectivity index (χ2n) is 3.72. The lowest BCUT2D eigenvalue weighted by Crippen LogP contribution is -2.23. The largest absolute Gasteiger partial charge is 0.396 e. The zero-order valence-corrected chi connectivity index (χ0v) is 12.0. The highest BCUT2D eigenvalue weighted by Gasteiger charge is 2.08. The van der Waals surface area contributed by atoms with Gasteiger partial charge in [-0.15, -0.1) is 11.3 Å². The Kier molecular flexibility index (Phi) is 7.39. The first-order chi connectivity index (χ1) is 8.24. The highest BCUT2D eigenvalue weighted by atomic mass is 79.9. The Balaban J connectivity index is 2.05. The molecule has 2 N–H and O–H groups in total. The first-order valence-corrected chi connectivity index (χ1v) is 7.35. The van der Waals surface area contributed by atoms with Crippen LogP contribution in [-0.4, -0.2) is 29.1 Å². The van der Waals surface area contributed by atoms with Gasteiger partial charge in [-0.05, 0) is 28.8 Å². The summed E-state index contributed by atoms with van der Waals surface area (Å²) in [7, 11) is 0. The summed E-state index contributed by atoms with van der Waals surface area (Å²) in [6.07, 6.45) is 6.70. The number of halogens is 1. The van der Waals surface area contributed by atoms with E-state index in [9.17, 15) is 4.79 Å². The first-order valence-electron chi connectivity index (χ1n) is 5.74. The van der Waals surface area contributed by atoms with E-state index in [0.29, 0.717) is 11.4 Å². The zero-order chi connectivity index (χ0) is 12.5. The molecule has 6 heteroatoms. The lowest BCUT2D eigenvalue weighted by molar-refractivity contribution is 0.0957. The molecule has 96 valence electrons. The van der Waals surface area contributed by atoms with E-state index < -0.39 is 0 Å². The van der Waals surface area contributed by atoms with E-state index in [0.717, 1.165) is 36.0 Å². The van der Waals surface area contributed by atoms with E-state index in [1.807, 2.05) is 0 Å². The molecule has 0 saturated carbocycles. The van der Waals surface area contributed by atoms with Gasteiger partial charge < -0.3 is 10.4 Å². The molecule has 0 saturated heterocycles. The molecule has 0 spiro atoms. The molecular formula is C11H17BrN2O2S. The number of carbonyl (C=O) groups is 1. The maximum Gasteiger partial charge on any atom is 0.263 e. The second kappa shape index (κ2) is 8.60. The van der Waals surface area contributed by atoms with Crippen molar-refractivity contribution in [3.8, 4) is 0 Å². The normalized spacial score (nSPS) is 10.5. The van der Waals surface area contributed by atoms with Gasteiger partial charge in [-0.1, -0.05) is 19.3 Å². The Labute approximate surface area is 114 Å². The van der Waals surface area contributed by atoms with Gasteiger partial charge in [0.05, 0.1) is 6.20 Å². The van der Waals surface area contributed by atoms with Gasteiger partial charge >= 0.3 is 0 Å². The van der Waals surface area contributed by atoms with Crippen molar-refractivity contribution in [2.75, 3.05) is 13.2 Å². The number of aliphatic hydroxyl groups is 1. The lowest BCUT2D eigenvalue weighted by Gasteiger charge is -2.03.